The molecule has 0 atom stereocenters. The van der Waals surface area contributed by atoms with Crippen LogP contribution in [0, 0.1) is 0 Å². The third kappa shape index (κ3) is 1.68. The summed E-state index contributed by atoms with van der Waals surface area (Å²) in [6.45, 7) is 0.616. The Bertz CT molecular complexity index is 475. The molecule has 1 aliphatic rings. The molecule has 0 bridgehead atoms. The van der Waals surface area contributed by atoms with Crippen LogP contribution in [-0.4, -0.2) is 9.97 Å². The SMILES string of the molecule is NCc1ccc(-c2nc3c([nH]2)CCCC3)s1. The van der Waals surface area contributed by atoms with Crippen molar-refractivity contribution in [3.63, 3.8) is 0 Å². The van der Waals surface area contributed by atoms with Gasteiger partial charge < -0.3 is 10.7 Å². The van der Waals surface area contributed by atoms with Crippen molar-refractivity contribution < 1.29 is 0 Å². The van der Waals surface area contributed by atoms with Crippen LogP contribution in [-0.2, 0) is 19.4 Å². The van der Waals surface area contributed by atoms with Crippen LogP contribution in [0.3, 0.4) is 0 Å². The Morgan fingerprint density at radius 2 is 2.19 bits per heavy atom. The summed E-state index contributed by atoms with van der Waals surface area (Å²) in [4.78, 5) is 10.5. The quantitative estimate of drug-likeness (QED) is 0.837. The number of nitrogens with one attached hydrogen (secondary N) is 1. The van der Waals surface area contributed by atoms with Crippen molar-refractivity contribution >= 4 is 11.3 Å². The number of hydrogen-bond donors (Lipinski definition) is 2. The molecule has 4 heteroatoms. The summed E-state index contributed by atoms with van der Waals surface area (Å²) in [6, 6.07) is 4.19. The van der Waals surface area contributed by atoms with Crippen molar-refractivity contribution in [3.05, 3.63) is 28.4 Å². The van der Waals surface area contributed by atoms with Gasteiger partial charge in [0.05, 0.1) is 10.6 Å². The van der Waals surface area contributed by atoms with E-state index in [1.54, 1.807) is 11.3 Å². The zero-order valence-electron chi connectivity index (χ0n) is 9.12. The zero-order chi connectivity index (χ0) is 11.0. The Hall–Kier alpha value is -1.13. The molecule has 0 fully saturated rings. The van der Waals surface area contributed by atoms with Gasteiger partial charge >= 0.3 is 0 Å². The van der Waals surface area contributed by atoms with Crippen LogP contribution in [0.5, 0.6) is 0 Å². The van der Waals surface area contributed by atoms with E-state index in [0.29, 0.717) is 6.54 Å². The fourth-order valence-corrected chi connectivity index (χ4v) is 3.02. The maximum Gasteiger partial charge on any atom is 0.147 e. The van der Waals surface area contributed by atoms with Crippen LogP contribution in [0.25, 0.3) is 10.7 Å². The highest BCUT2D eigenvalue weighted by atomic mass is 32.1. The molecule has 0 aliphatic heterocycles. The van der Waals surface area contributed by atoms with Gasteiger partial charge in [0.25, 0.3) is 0 Å². The average Bonchev–Trinajstić information content (AvgIpc) is 2.95. The Morgan fingerprint density at radius 1 is 1.31 bits per heavy atom. The third-order valence-corrected chi connectivity index (χ3v) is 4.17. The van der Waals surface area contributed by atoms with Crippen LogP contribution in [0.4, 0.5) is 0 Å². The Morgan fingerprint density at radius 3 is 2.94 bits per heavy atom. The van der Waals surface area contributed by atoms with E-state index < -0.39 is 0 Å². The maximum absolute atomic E-state index is 5.62. The number of thiophene rings is 1. The van der Waals surface area contributed by atoms with E-state index >= 15 is 0 Å². The molecular weight excluding hydrogens is 218 g/mol. The third-order valence-electron chi connectivity index (χ3n) is 3.05. The number of aromatic amines is 1. The fraction of sp³-hybridized carbons (Fsp3) is 0.417. The molecule has 0 saturated carbocycles. The van der Waals surface area contributed by atoms with Crippen LogP contribution >= 0.6 is 11.3 Å². The summed E-state index contributed by atoms with van der Waals surface area (Å²) in [5.74, 6) is 1.02. The molecule has 2 aromatic heterocycles. The van der Waals surface area contributed by atoms with E-state index in [2.05, 4.69) is 22.1 Å². The average molecular weight is 233 g/mol. The molecule has 3 rings (SSSR count). The predicted molar refractivity (Wildman–Crippen MR) is 66.4 cm³/mol. The second kappa shape index (κ2) is 4.03. The number of nitrogens with zero attached hydrogens (tertiary/aromatic N) is 1. The molecule has 2 aromatic rings. The molecule has 0 radical (unpaired) electrons. The highest BCUT2D eigenvalue weighted by molar-refractivity contribution is 7.15. The van der Waals surface area contributed by atoms with E-state index in [9.17, 15) is 0 Å². The van der Waals surface area contributed by atoms with Crippen molar-refractivity contribution in [2.24, 2.45) is 5.73 Å². The molecule has 3 nitrogen and oxygen atoms in total. The zero-order valence-corrected chi connectivity index (χ0v) is 9.94. The second-order valence-corrected chi connectivity index (χ2v) is 5.36. The Balaban J connectivity index is 1.96. The monoisotopic (exact) mass is 233 g/mol. The van der Waals surface area contributed by atoms with Crippen LogP contribution < -0.4 is 5.73 Å². The first-order valence-electron chi connectivity index (χ1n) is 5.74. The summed E-state index contributed by atoms with van der Waals surface area (Å²) in [5.41, 5.74) is 8.22. The van der Waals surface area contributed by atoms with E-state index in [0.717, 1.165) is 18.7 Å². The summed E-state index contributed by atoms with van der Waals surface area (Å²) in [5, 5.41) is 0. The van der Waals surface area contributed by atoms with E-state index in [1.807, 2.05) is 0 Å². The van der Waals surface area contributed by atoms with Gasteiger partial charge in [0.2, 0.25) is 0 Å². The van der Waals surface area contributed by atoms with Gasteiger partial charge in [-0.25, -0.2) is 4.98 Å². The molecule has 84 valence electrons. The molecule has 0 amide bonds. The lowest BCUT2D eigenvalue weighted by molar-refractivity contribution is 0.667. The largest absolute Gasteiger partial charge is 0.341 e. The number of H-pyrrole nitrogens is 1. The molecule has 0 spiro atoms. The molecular formula is C12H15N3S. The second-order valence-electron chi connectivity index (χ2n) is 4.19. The fourth-order valence-electron chi connectivity index (χ4n) is 2.18. The lowest BCUT2D eigenvalue weighted by Crippen LogP contribution is -2.00. The first kappa shape index (κ1) is 10.1. The predicted octanol–water partition coefficient (Wildman–Crippen LogP) is 2.48. The normalized spacial score (nSPS) is 15.1. The number of aryl methyl sites for hydroxylation is 2. The summed E-state index contributed by atoms with van der Waals surface area (Å²) < 4.78 is 0. The lowest BCUT2D eigenvalue weighted by Gasteiger charge is -2.07. The first-order valence-corrected chi connectivity index (χ1v) is 6.55. The first-order chi connectivity index (χ1) is 7.86. The smallest absolute Gasteiger partial charge is 0.147 e. The molecule has 0 unspecified atom stereocenters. The van der Waals surface area contributed by atoms with E-state index in [4.69, 9.17) is 5.73 Å². The minimum atomic E-state index is 0.616. The van der Waals surface area contributed by atoms with Crippen LogP contribution in [0.1, 0.15) is 29.1 Å². The van der Waals surface area contributed by atoms with Gasteiger partial charge in [0.1, 0.15) is 5.82 Å². The molecule has 1 aliphatic carbocycles. The molecule has 2 heterocycles. The lowest BCUT2D eigenvalue weighted by atomic mass is 10.0. The van der Waals surface area contributed by atoms with Gasteiger partial charge in [-0.1, -0.05) is 0 Å². The van der Waals surface area contributed by atoms with Gasteiger partial charge in [-0.05, 0) is 37.8 Å². The molecule has 16 heavy (non-hydrogen) atoms. The van der Waals surface area contributed by atoms with Gasteiger partial charge in [-0.15, -0.1) is 11.3 Å². The molecule has 3 N–H and O–H groups in total. The Kier molecular flexibility index (Phi) is 2.53. The van der Waals surface area contributed by atoms with Crippen LogP contribution in [0.2, 0.25) is 0 Å². The number of aromatic nitrogens is 2. The van der Waals surface area contributed by atoms with Crippen molar-refractivity contribution in [2.45, 2.75) is 32.2 Å². The number of rotatable bonds is 2. The van der Waals surface area contributed by atoms with Gasteiger partial charge in [0, 0.05) is 17.1 Å². The van der Waals surface area contributed by atoms with E-state index in [1.165, 1.54) is 34.0 Å². The van der Waals surface area contributed by atoms with Crippen molar-refractivity contribution in [1.29, 1.82) is 0 Å². The number of hydrogen-bond acceptors (Lipinski definition) is 3. The summed E-state index contributed by atoms with van der Waals surface area (Å²) in [6.07, 6.45) is 4.83. The van der Waals surface area contributed by atoms with Crippen LogP contribution in [0.15, 0.2) is 12.1 Å². The minimum absolute atomic E-state index is 0.616. The van der Waals surface area contributed by atoms with Gasteiger partial charge in [-0.3, -0.25) is 0 Å². The number of imidazole rings is 1. The minimum Gasteiger partial charge on any atom is -0.341 e. The summed E-state index contributed by atoms with van der Waals surface area (Å²) in [7, 11) is 0. The van der Waals surface area contributed by atoms with E-state index in [-0.39, 0.29) is 0 Å². The number of fused-ring (bicyclic) bond motifs is 1. The van der Waals surface area contributed by atoms with Gasteiger partial charge in [-0.2, -0.15) is 0 Å². The van der Waals surface area contributed by atoms with Crippen molar-refractivity contribution in [1.82, 2.24) is 9.97 Å². The van der Waals surface area contributed by atoms with Crippen molar-refractivity contribution in [3.8, 4) is 10.7 Å². The highest BCUT2D eigenvalue weighted by Gasteiger charge is 2.15. The van der Waals surface area contributed by atoms with Crippen molar-refractivity contribution in [2.75, 3.05) is 0 Å². The summed E-state index contributed by atoms with van der Waals surface area (Å²) >= 11 is 1.73. The highest BCUT2D eigenvalue weighted by Crippen LogP contribution is 2.28. The standard InChI is InChI=1S/C12H15N3S/c13-7-8-5-6-11(16-8)12-14-9-3-1-2-4-10(9)15-12/h5-6H,1-4,7,13H2,(H,14,15). The number of nitrogens with two attached hydrogens (primary N) is 1. The topological polar surface area (TPSA) is 54.7 Å². The Labute approximate surface area is 98.7 Å². The molecule has 0 aromatic carbocycles. The molecule has 0 saturated heterocycles. The maximum atomic E-state index is 5.62. The van der Waals surface area contributed by atoms with Gasteiger partial charge in [0.15, 0.2) is 0 Å².